The molecule has 8 aromatic carbocycles. The summed E-state index contributed by atoms with van der Waals surface area (Å²) in [6.07, 6.45) is 1.75. The van der Waals surface area contributed by atoms with Gasteiger partial charge in [0.1, 0.15) is 11.6 Å². The number of para-hydroxylation sites is 3. The predicted molar refractivity (Wildman–Crippen MR) is 246 cm³/mol. The highest BCUT2D eigenvalue weighted by Crippen LogP contribution is 2.38. The Kier molecular flexibility index (Phi) is 9.54. The largest absolute Gasteiger partial charge is 0.309 e. The fraction of sp³-hybridized carbons (Fsp3) is 0.0185. The summed E-state index contributed by atoms with van der Waals surface area (Å²) in [5.41, 5.74) is 11.1. The zero-order valence-corrected chi connectivity index (χ0v) is 33.2. The van der Waals surface area contributed by atoms with Gasteiger partial charge in [-0.05, 0) is 139 Å². The zero-order chi connectivity index (χ0) is 41.5. The summed E-state index contributed by atoms with van der Waals surface area (Å²) in [7, 11) is 0. The van der Waals surface area contributed by atoms with Gasteiger partial charge in [0.25, 0.3) is 0 Å². The summed E-state index contributed by atoms with van der Waals surface area (Å²) in [5, 5.41) is 4.76. The molecule has 11 aromatic rings. The van der Waals surface area contributed by atoms with Gasteiger partial charge in [-0.3, -0.25) is 0 Å². The highest BCUT2D eigenvalue weighted by Gasteiger charge is 2.17. The minimum atomic E-state index is -0.348. The molecule has 3 aromatic heterocycles. The summed E-state index contributed by atoms with van der Waals surface area (Å²) in [6.45, 7) is 5.25. The van der Waals surface area contributed by atoms with Crippen molar-refractivity contribution in [1.82, 2.24) is 24.1 Å². The second-order valence-electron chi connectivity index (χ2n) is 14.8. The van der Waals surface area contributed by atoms with Crippen LogP contribution in [0.25, 0.3) is 100 Å². The van der Waals surface area contributed by atoms with Gasteiger partial charge in [0.2, 0.25) is 0 Å². The van der Waals surface area contributed by atoms with Crippen molar-refractivity contribution >= 4 is 43.6 Å². The Balaban J connectivity index is 0.00000144. The van der Waals surface area contributed by atoms with Crippen molar-refractivity contribution in [2.75, 3.05) is 0 Å². The topological polar surface area (TPSA) is 48.5 Å². The average Bonchev–Trinajstić information content (AvgIpc) is 3.82. The molecule has 0 aliphatic carbocycles. The molecule has 7 heteroatoms. The number of hydrogen-bond acceptors (Lipinski definition) is 3. The van der Waals surface area contributed by atoms with E-state index in [1.807, 2.05) is 19.1 Å². The zero-order valence-electron chi connectivity index (χ0n) is 33.2. The van der Waals surface area contributed by atoms with Crippen LogP contribution in [0.3, 0.4) is 0 Å². The third kappa shape index (κ3) is 6.82. The molecule has 0 radical (unpaired) electrons. The van der Waals surface area contributed by atoms with E-state index < -0.39 is 0 Å². The van der Waals surface area contributed by atoms with E-state index in [1.54, 1.807) is 30.3 Å². The first kappa shape index (κ1) is 37.3. The molecule has 11 rings (SSSR count). The molecule has 61 heavy (non-hydrogen) atoms. The predicted octanol–water partition coefficient (Wildman–Crippen LogP) is 14.2. The maximum Gasteiger partial charge on any atom is 0.164 e. The third-order valence-electron chi connectivity index (χ3n) is 10.9. The van der Waals surface area contributed by atoms with Crippen LogP contribution in [-0.4, -0.2) is 24.1 Å². The highest BCUT2D eigenvalue weighted by atomic mass is 19.1. The van der Waals surface area contributed by atoms with Gasteiger partial charge in [0.15, 0.2) is 17.5 Å². The molecule has 0 amide bonds. The van der Waals surface area contributed by atoms with Crippen LogP contribution in [0.4, 0.5) is 8.78 Å². The van der Waals surface area contributed by atoms with Crippen molar-refractivity contribution in [3.05, 3.63) is 212 Å². The van der Waals surface area contributed by atoms with E-state index in [4.69, 9.17) is 9.97 Å². The van der Waals surface area contributed by atoms with Crippen molar-refractivity contribution in [3.8, 4) is 56.7 Å². The molecule has 292 valence electrons. The molecule has 0 aliphatic heterocycles. The normalized spacial score (nSPS) is 11.3. The lowest BCUT2D eigenvalue weighted by molar-refractivity contribution is 0.627. The fourth-order valence-corrected chi connectivity index (χ4v) is 8.16. The van der Waals surface area contributed by atoms with Gasteiger partial charge in [0, 0.05) is 49.6 Å². The van der Waals surface area contributed by atoms with Crippen molar-refractivity contribution in [3.63, 3.8) is 0 Å². The monoisotopic (exact) mass is 793 g/mol. The van der Waals surface area contributed by atoms with Crippen molar-refractivity contribution in [1.29, 1.82) is 0 Å². The molecule has 0 aliphatic rings. The molecule has 0 N–H and O–H groups in total. The molecular formula is C54H37F2N5. The number of hydrogen-bond donors (Lipinski definition) is 0. The summed E-state index contributed by atoms with van der Waals surface area (Å²) in [4.78, 5) is 14.3. The van der Waals surface area contributed by atoms with Gasteiger partial charge in [-0.15, -0.1) is 6.58 Å². The Labute approximate surface area is 351 Å². The summed E-state index contributed by atoms with van der Waals surface area (Å²) >= 11 is 0. The van der Waals surface area contributed by atoms with Gasteiger partial charge >= 0.3 is 0 Å². The summed E-state index contributed by atoms with van der Waals surface area (Å²) < 4.78 is 32.3. The van der Waals surface area contributed by atoms with Crippen LogP contribution in [-0.2, 0) is 0 Å². The smallest absolute Gasteiger partial charge is 0.164 e. The molecule has 0 bridgehead atoms. The molecular weight excluding hydrogens is 757 g/mol. The minimum Gasteiger partial charge on any atom is -0.309 e. The number of allylic oxidation sites excluding steroid dienone is 1. The minimum absolute atomic E-state index is 0.348. The molecule has 0 saturated carbocycles. The van der Waals surface area contributed by atoms with Crippen molar-refractivity contribution in [2.24, 2.45) is 0 Å². The van der Waals surface area contributed by atoms with Crippen LogP contribution in [0.1, 0.15) is 6.92 Å². The number of fused-ring (bicyclic) bond motifs is 6. The van der Waals surface area contributed by atoms with Crippen LogP contribution in [0, 0.1) is 11.6 Å². The maximum absolute atomic E-state index is 13.8. The Bertz CT molecular complexity index is 3320. The second kappa shape index (κ2) is 15.6. The molecule has 0 spiro atoms. The van der Waals surface area contributed by atoms with Gasteiger partial charge < -0.3 is 9.13 Å². The van der Waals surface area contributed by atoms with E-state index in [0.717, 1.165) is 49.9 Å². The van der Waals surface area contributed by atoms with E-state index in [9.17, 15) is 8.78 Å². The van der Waals surface area contributed by atoms with Crippen LogP contribution in [0.2, 0.25) is 0 Å². The number of benzene rings is 8. The van der Waals surface area contributed by atoms with Crippen LogP contribution in [0.15, 0.2) is 201 Å². The first-order chi connectivity index (χ1) is 30.0. The average molecular weight is 794 g/mol. The number of aromatic nitrogens is 5. The van der Waals surface area contributed by atoms with E-state index in [1.165, 1.54) is 46.1 Å². The van der Waals surface area contributed by atoms with Crippen molar-refractivity contribution in [2.45, 2.75) is 6.92 Å². The van der Waals surface area contributed by atoms with Gasteiger partial charge in [-0.25, -0.2) is 23.7 Å². The second-order valence-corrected chi connectivity index (χ2v) is 14.8. The number of halogens is 2. The molecule has 3 heterocycles. The SMILES string of the molecule is C=CC.Fc1ccc(-c2nc(-c3ccc(F)cc3)nc(-c3ccc(-n4c5ccccc5c5cc(-c6ccc7c(c6)c6ccccc6n7-c6ccccc6)ccc54)cc3)n2)cc1. The van der Waals surface area contributed by atoms with Gasteiger partial charge in [-0.1, -0.05) is 72.8 Å². The lowest BCUT2D eigenvalue weighted by Gasteiger charge is -2.11. The van der Waals surface area contributed by atoms with E-state index >= 15 is 0 Å². The molecule has 0 fully saturated rings. The summed E-state index contributed by atoms with van der Waals surface area (Å²) in [6, 6.07) is 61.4. The van der Waals surface area contributed by atoms with E-state index in [0.29, 0.717) is 28.6 Å². The quantitative estimate of drug-likeness (QED) is 0.158. The Morgan fingerprint density at radius 2 is 0.705 bits per heavy atom. The first-order valence-corrected chi connectivity index (χ1v) is 20.1. The lowest BCUT2D eigenvalue weighted by atomic mass is 10.0. The molecule has 0 unspecified atom stereocenters. The highest BCUT2D eigenvalue weighted by molar-refractivity contribution is 6.12. The first-order valence-electron chi connectivity index (χ1n) is 20.1. The number of nitrogens with zero attached hydrogens (tertiary/aromatic N) is 5. The lowest BCUT2D eigenvalue weighted by Crippen LogP contribution is -2.00. The Hall–Kier alpha value is -8.03. The maximum atomic E-state index is 13.8. The molecule has 5 nitrogen and oxygen atoms in total. The molecule has 0 atom stereocenters. The van der Waals surface area contributed by atoms with Crippen LogP contribution >= 0.6 is 0 Å². The van der Waals surface area contributed by atoms with Crippen LogP contribution < -0.4 is 0 Å². The molecule has 0 saturated heterocycles. The van der Waals surface area contributed by atoms with Crippen LogP contribution in [0.5, 0.6) is 0 Å². The third-order valence-corrected chi connectivity index (χ3v) is 10.9. The standard InChI is InChI=1S/C51H31F2N5.C3H6/c52-37-22-14-32(15-23-37)49-54-50(33-16-24-38(53)25-17-33)56-51(55-49)34-18-26-40(27-19-34)58-46-13-7-5-11-42(46)44-31-36(21-29-48(44)58)35-20-28-47-43(30-35)41-10-4-6-12-45(41)57(47)39-8-2-1-3-9-39;1-3-2/h1-31H;3H,1H2,2H3. The summed E-state index contributed by atoms with van der Waals surface area (Å²) in [5.74, 6) is 0.550. The fourth-order valence-electron chi connectivity index (χ4n) is 8.16. The van der Waals surface area contributed by atoms with Gasteiger partial charge in [0.05, 0.1) is 22.1 Å². The Morgan fingerprint density at radius 3 is 1.13 bits per heavy atom. The van der Waals surface area contributed by atoms with Crippen molar-refractivity contribution < 1.29 is 8.78 Å². The van der Waals surface area contributed by atoms with E-state index in [2.05, 4.69) is 148 Å². The van der Waals surface area contributed by atoms with Gasteiger partial charge in [-0.2, -0.15) is 0 Å². The Morgan fingerprint density at radius 1 is 0.377 bits per heavy atom. The van der Waals surface area contributed by atoms with E-state index in [-0.39, 0.29) is 11.6 Å². The number of rotatable bonds is 6.